The summed E-state index contributed by atoms with van der Waals surface area (Å²) >= 11 is 1.57. The first-order valence-electron chi connectivity index (χ1n) is 14.0. The average Bonchev–Trinajstić information content (AvgIpc) is 3.59. The van der Waals surface area contributed by atoms with E-state index in [9.17, 15) is 0 Å². The first kappa shape index (κ1) is 23.9. The standard InChI is InChI=1S/C35H21N7S/c1-3-11-22(12-4-1)31-38-32(23-13-5-2-6-14-23)40-33(39-31)24-19-20-29-30(21-24)42-28-18-10-8-16-26(28)37-35(42)43-34-36-25-15-7-9-17-27(25)41(29)34/h1-21H. The zero-order valence-corrected chi connectivity index (χ0v) is 23.5. The van der Waals surface area contributed by atoms with Crippen molar-refractivity contribution in [3.63, 3.8) is 0 Å². The third-order valence-electron chi connectivity index (χ3n) is 7.66. The van der Waals surface area contributed by atoms with Gasteiger partial charge in [-0.1, -0.05) is 96.3 Å². The highest BCUT2D eigenvalue weighted by Crippen LogP contribution is 2.32. The van der Waals surface area contributed by atoms with E-state index in [1.54, 1.807) is 11.3 Å². The van der Waals surface area contributed by atoms with Crippen molar-refractivity contribution in [3.05, 3.63) is 127 Å². The summed E-state index contributed by atoms with van der Waals surface area (Å²) in [6.07, 6.45) is 0. The maximum atomic E-state index is 5.02. The maximum Gasteiger partial charge on any atom is 0.198 e. The van der Waals surface area contributed by atoms with E-state index >= 15 is 0 Å². The Labute approximate surface area is 249 Å². The Bertz CT molecular complexity index is 2450. The summed E-state index contributed by atoms with van der Waals surface area (Å²) < 4.78 is 4.44. The molecule has 8 heteroatoms. The summed E-state index contributed by atoms with van der Waals surface area (Å²) in [5.74, 6) is 1.87. The first-order valence-corrected chi connectivity index (χ1v) is 14.8. The molecule has 9 aromatic rings. The minimum Gasteiger partial charge on any atom is -0.282 e. The van der Waals surface area contributed by atoms with Gasteiger partial charge in [0.05, 0.1) is 33.1 Å². The van der Waals surface area contributed by atoms with Gasteiger partial charge in [0, 0.05) is 16.7 Å². The van der Waals surface area contributed by atoms with Gasteiger partial charge < -0.3 is 0 Å². The van der Waals surface area contributed by atoms with E-state index in [0.717, 1.165) is 59.7 Å². The van der Waals surface area contributed by atoms with Crippen LogP contribution < -0.4 is 0 Å². The molecule has 0 atom stereocenters. The Kier molecular flexibility index (Phi) is 5.23. The summed E-state index contributed by atoms with van der Waals surface area (Å²) in [4.78, 5) is 26.6. The smallest absolute Gasteiger partial charge is 0.198 e. The molecule has 0 aliphatic rings. The number of fused-ring (bicyclic) bond motifs is 9. The normalized spacial score (nSPS) is 11.7. The second kappa shape index (κ2) is 9.40. The van der Waals surface area contributed by atoms with Crippen molar-refractivity contribution in [3.8, 4) is 34.2 Å². The number of aromatic nitrogens is 7. The summed E-state index contributed by atoms with van der Waals surface area (Å²) in [5.41, 5.74) is 8.72. The van der Waals surface area contributed by atoms with E-state index in [0.29, 0.717) is 17.5 Å². The van der Waals surface area contributed by atoms with Crippen LogP contribution in [0.3, 0.4) is 0 Å². The van der Waals surface area contributed by atoms with Crippen LogP contribution >= 0.6 is 11.3 Å². The van der Waals surface area contributed by atoms with E-state index in [1.165, 1.54) is 0 Å². The second-order valence-electron chi connectivity index (χ2n) is 10.3. The summed E-state index contributed by atoms with van der Waals surface area (Å²) in [5, 5.41) is 0. The number of hydrogen-bond donors (Lipinski definition) is 0. The summed E-state index contributed by atoms with van der Waals surface area (Å²) in [6.45, 7) is 0. The molecule has 4 aromatic heterocycles. The fraction of sp³-hybridized carbons (Fsp3) is 0. The van der Waals surface area contributed by atoms with Crippen LogP contribution in [-0.4, -0.2) is 33.7 Å². The lowest BCUT2D eigenvalue weighted by atomic mass is 10.1. The van der Waals surface area contributed by atoms with Gasteiger partial charge in [0.2, 0.25) is 0 Å². The predicted molar refractivity (Wildman–Crippen MR) is 173 cm³/mol. The van der Waals surface area contributed by atoms with Crippen molar-refractivity contribution in [2.24, 2.45) is 0 Å². The van der Waals surface area contributed by atoms with E-state index in [-0.39, 0.29) is 0 Å². The van der Waals surface area contributed by atoms with Gasteiger partial charge in [0.15, 0.2) is 27.4 Å². The fourth-order valence-corrected chi connectivity index (χ4v) is 6.69. The molecule has 0 bridgehead atoms. The molecule has 0 aliphatic heterocycles. The number of imidazole rings is 2. The first-order chi connectivity index (χ1) is 21.3. The largest absolute Gasteiger partial charge is 0.282 e. The van der Waals surface area contributed by atoms with Gasteiger partial charge in [-0.3, -0.25) is 8.80 Å². The van der Waals surface area contributed by atoms with Gasteiger partial charge in [-0.15, -0.1) is 0 Å². The number of hydrogen-bond acceptors (Lipinski definition) is 6. The molecule has 43 heavy (non-hydrogen) atoms. The van der Waals surface area contributed by atoms with Crippen molar-refractivity contribution >= 4 is 54.4 Å². The van der Waals surface area contributed by atoms with Crippen LogP contribution in [0.2, 0.25) is 0 Å². The molecule has 202 valence electrons. The average molecular weight is 572 g/mol. The molecule has 0 saturated carbocycles. The van der Waals surface area contributed by atoms with Gasteiger partial charge in [-0.05, 0) is 42.5 Å². The summed E-state index contributed by atoms with van der Waals surface area (Å²) in [7, 11) is 0. The van der Waals surface area contributed by atoms with Crippen LogP contribution in [0.15, 0.2) is 127 Å². The molecule has 4 heterocycles. The van der Waals surface area contributed by atoms with E-state index in [2.05, 4.69) is 57.3 Å². The maximum absolute atomic E-state index is 5.02. The number of benzene rings is 5. The minimum absolute atomic E-state index is 0.606. The highest BCUT2D eigenvalue weighted by atomic mass is 32.1. The SMILES string of the molecule is c1ccc(-c2nc(-c3ccccc3)nc(-c3ccc4c(c3)n3c(nc5ccccc53)sc3nc5ccccc5n34)n2)cc1. The molecule has 0 amide bonds. The molecule has 0 aliphatic carbocycles. The van der Waals surface area contributed by atoms with Gasteiger partial charge in [-0.25, -0.2) is 24.9 Å². The molecular formula is C35H21N7S. The highest BCUT2D eigenvalue weighted by Gasteiger charge is 2.17. The van der Waals surface area contributed by atoms with Crippen LogP contribution in [-0.2, 0) is 0 Å². The molecule has 0 spiro atoms. The van der Waals surface area contributed by atoms with Gasteiger partial charge in [-0.2, -0.15) is 0 Å². The molecule has 5 aromatic carbocycles. The molecule has 0 N–H and O–H groups in total. The molecular weight excluding hydrogens is 551 g/mol. The lowest BCUT2D eigenvalue weighted by Gasteiger charge is -2.09. The Morgan fingerprint density at radius 3 is 1.40 bits per heavy atom. The van der Waals surface area contributed by atoms with Crippen molar-refractivity contribution in [1.29, 1.82) is 0 Å². The van der Waals surface area contributed by atoms with Crippen molar-refractivity contribution in [2.75, 3.05) is 0 Å². The predicted octanol–water partition coefficient (Wildman–Crippen LogP) is 8.25. The van der Waals surface area contributed by atoms with E-state index in [4.69, 9.17) is 24.9 Å². The lowest BCUT2D eigenvalue weighted by Crippen LogP contribution is -2.00. The van der Waals surface area contributed by atoms with Crippen molar-refractivity contribution in [1.82, 2.24) is 33.7 Å². The Morgan fingerprint density at radius 1 is 0.372 bits per heavy atom. The van der Waals surface area contributed by atoms with Gasteiger partial charge >= 0.3 is 0 Å². The third-order valence-corrected chi connectivity index (χ3v) is 8.57. The van der Waals surface area contributed by atoms with Gasteiger partial charge in [0.1, 0.15) is 0 Å². The topological polar surface area (TPSA) is 73.3 Å². The number of rotatable bonds is 3. The highest BCUT2D eigenvalue weighted by molar-refractivity contribution is 7.21. The Balaban J connectivity index is 1.39. The quantitative estimate of drug-likeness (QED) is 0.213. The van der Waals surface area contributed by atoms with Crippen LogP contribution in [0.4, 0.5) is 0 Å². The second-order valence-corrected chi connectivity index (χ2v) is 11.2. The van der Waals surface area contributed by atoms with Crippen LogP contribution in [0.25, 0.3) is 77.2 Å². The van der Waals surface area contributed by atoms with Crippen molar-refractivity contribution in [2.45, 2.75) is 0 Å². The van der Waals surface area contributed by atoms with Crippen molar-refractivity contribution < 1.29 is 0 Å². The molecule has 0 unspecified atom stereocenters. The monoisotopic (exact) mass is 571 g/mol. The molecule has 9 rings (SSSR count). The van der Waals surface area contributed by atoms with E-state index in [1.807, 2.05) is 78.9 Å². The molecule has 7 nitrogen and oxygen atoms in total. The molecule has 0 radical (unpaired) electrons. The lowest BCUT2D eigenvalue weighted by molar-refractivity contribution is 1.07. The Hall–Kier alpha value is -5.73. The number of para-hydroxylation sites is 4. The minimum atomic E-state index is 0.606. The third kappa shape index (κ3) is 3.84. The zero-order valence-electron chi connectivity index (χ0n) is 22.7. The van der Waals surface area contributed by atoms with Gasteiger partial charge in [0.25, 0.3) is 0 Å². The molecule has 0 saturated heterocycles. The number of nitrogens with zero attached hydrogens (tertiary/aromatic N) is 7. The van der Waals surface area contributed by atoms with E-state index < -0.39 is 0 Å². The molecule has 0 fully saturated rings. The summed E-state index contributed by atoms with van der Waals surface area (Å²) in [6, 6.07) is 43.0. The van der Waals surface area contributed by atoms with Crippen LogP contribution in [0, 0.1) is 0 Å². The Morgan fingerprint density at radius 2 is 0.837 bits per heavy atom. The van der Waals surface area contributed by atoms with Crippen LogP contribution in [0.1, 0.15) is 0 Å². The zero-order chi connectivity index (χ0) is 28.3. The fourth-order valence-electron chi connectivity index (χ4n) is 5.66. The van der Waals surface area contributed by atoms with Crippen LogP contribution in [0.5, 0.6) is 0 Å².